The van der Waals surface area contributed by atoms with E-state index in [0.717, 1.165) is 25.7 Å². The van der Waals surface area contributed by atoms with Gasteiger partial charge in [0.25, 0.3) is 0 Å². The number of amides is 1. The van der Waals surface area contributed by atoms with Crippen LogP contribution in [0.1, 0.15) is 58.8 Å². The predicted molar refractivity (Wildman–Crippen MR) is 172 cm³/mol. The molecule has 20 nitrogen and oxygen atoms in total. The Kier molecular flexibility index (Phi) is 21.3. The molecule has 0 aliphatic carbocycles. The second-order valence-electron chi connectivity index (χ2n) is 12.8. The van der Waals surface area contributed by atoms with Gasteiger partial charge in [-0.15, -0.1) is 11.6 Å². The van der Waals surface area contributed by atoms with Crippen LogP contribution in [0.4, 0.5) is 0 Å². The molecule has 0 aromatic rings. The molecule has 3 aliphatic rings. The molecule has 3 heterocycles. The zero-order chi connectivity index (χ0) is 38.7. The molecule has 0 aromatic heterocycles. The first-order chi connectivity index (χ1) is 24.5. The number of unbranched alkanes of at least 4 members (excludes halogenated alkanes) is 5. The van der Waals surface area contributed by atoms with Gasteiger partial charge in [0, 0.05) is 20.0 Å². The van der Waals surface area contributed by atoms with Gasteiger partial charge >= 0.3 is 35.5 Å². The first kappa shape index (κ1) is 48.8. The fourth-order valence-electron chi connectivity index (χ4n) is 6.12. The molecular formula is C30H51ClNNaO19S. The van der Waals surface area contributed by atoms with Crippen LogP contribution in [-0.4, -0.2) is 174 Å². The molecule has 1 amide bonds. The molecule has 0 aromatic carbocycles. The van der Waals surface area contributed by atoms with Crippen LogP contribution in [0.2, 0.25) is 0 Å². The zero-order valence-corrected chi connectivity index (χ0v) is 33.6. The van der Waals surface area contributed by atoms with E-state index in [2.05, 4.69) is 14.2 Å². The van der Waals surface area contributed by atoms with Crippen molar-refractivity contribution in [2.45, 2.75) is 151 Å². The van der Waals surface area contributed by atoms with Gasteiger partial charge < -0.3 is 73.7 Å². The molecule has 0 unspecified atom stereocenters. The van der Waals surface area contributed by atoms with Gasteiger partial charge in [-0.05, 0) is 19.8 Å². The standard InChI is InChI=1S/C30H52ClNO19S.Na/c1-14-20(36)22(38)23(39)29(46-14)50-26-19(32-15(2)34)28(45-11-9-7-5-4-6-8-10-18(35)44-3)47-16(12-31)25(26)49-30-24(40)27(51-52(41,42)43)21(37)17(13-33)48-30;/h14,16-17,19-30,33,36-40H,4-13H2,1-3H3,(H,32,34)(H,41,42,43);/q;+1/p-1/t14-,16+,17+,19+,20+,21-,22+,23-,24+,25+,26+,27-,28+,29-,30-;/m0./s1. The van der Waals surface area contributed by atoms with Crippen molar-refractivity contribution in [3.05, 3.63) is 0 Å². The summed E-state index contributed by atoms with van der Waals surface area (Å²) in [5, 5.41) is 65.4. The smallest absolute Gasteiger partial charge is 0.726 e. The summed E-state index contributed by atoms with van der Waals surface area (Å²) in [6.07, 6.45) is -18.4. The Morgan fingerprint density at radius 3 is 1.96 bits per heavy atom. The number of ether oxygens (including phenoxy) is 7. The Morgan fingerprint density at radius 1 is 0.792 bits per heavy atom. The molecule has 15 atom stereocenters. The van der Waals surface area contributed by atoms with Crippen LogP contribution in [0.3, 0.4) is 0 Å². The summed E-state index contributed by atoms with van der Waals surface area (Å²) in [7, 11) is -4.16. The molecular weight excluding hydrogens is 769 g/mol. The van der Waals surface area contributed by atoms with Gasteiger partial charge in [-0.1, -0.05) is 25.7 Å². The number of hydrogen-bond donors (Lipinski definition) is 7. The van der Waals surface area contributed by atoms with Crippen molar-refractivity contribution < 1.29 is 120 Å². The van der Waals surface area contributed by atoms with E-state index in [1.807, 2.05) is 0 Å². The van der Waals surface area contributed by atoms with Crippen LogP contribution >= 0.6 is 11.6 Å². The van der Waals surface area contributed by atoms with Gasteiger partial charge in [0.2, 0.25) is 16.3 Å². The second kappa shape index (κ2) is 23.1. The number of alkyl halides is 1. The third-order valence-electron chi connectivity index (χ3n) is 8.90. The van der Waals surface area contributed by atoms with Crippen molar-refractivity contribution >= 4 is 33.9 Å². The summed E-state index contributed by atoms with van der Waals surface area (Å²) in [6.45, 7) is 1.77. The number of nitrogens with one attached hydrogen (secondary N) is 1. The Hall–Kier alpha value is -0.380. The molecule has 7 N–H and O–H groups in total. The normalized spacial score (nSPS) is 37.8. The van der Waals surface area contributed by atoms with E-state index in [9.17, 15) is 53.2 Å². The predicted octanol–water partition coefficient (Wildman–Crippen LogP) is -5.74. The van der Waals surface area contributed by atoms with Crippen LogP contribution in [-0.2, 0) is 57.3 Å². The summed E-state index contributed by atoms with van der Waals surface area (Å²) in [4.78, 5) is 23.8. The Morgan fingerprint density at radius 2 is 1.38 bits per heavy atom. The number of hydrogen-bond acceptors (Lipinski definition) is 19. The van der Waals surface area contributed by atoms with E-state index < -0.39 is 115 Å². The topological polar surface area (TPSA) is 299 Å². The average Bonchev–Trinajstić information content (AvgIpc) is 3.09. The van der Waals surface area contributed by atoms with Crippen molar-refractivity contribution in [3.8, 4) is 0 Å². The van der Waals surface area contributed by atoms with E-state index in [-0.39, 0.29) is 48.0 Å². The first-order valence-corrected chi connectivity index (χ1v) is 18.8. The minimum atomic E-state index is -5.50. The number of aliphatic hydroxyl groups excluding tert-OH is 6. The van der Waals surface area contributed by atoms with E-state index in [1.54, 1.807) is 0 Å². The number of aliphatic hydroxyl groups is 6. The van der Waals surface area contributed by atoms with Crippen LogP contribution in [0.25, 0.3) is 0 Å². The third kappa shape index (κ3) is 14.2. The van der Waals surface area contributed by atoms with Gasteiger partial charge in [-0.3, -0.25) is 13.8 Å². The molecule has 0 spiro atoms. The van der Waals surface area contributed by atoms with E-state index in [0.29, 0.717) is 19.3 Å². The maximum absolute atomic E-state index is 12.5. The van der Waals surface area contributed by atoms with Crippen molar-refractivity contribution in [2.75, 3.05) is 26.2 Å². The number of methoxy groups -OCH3 is 1. The van der Waals surface area contributed by atoms with Gasteiger partial charge in [-0.2, -0.15) is 0 Å². The van der Waals surface area contributed by atoms with Crippen molar-refractivity contribution in [1.82, 2.24) is 5.32 Å². The Labute approximate surface area is 334 Å². The molecule has 23 heteroatoms. The average molecular weight is 820 g/mol. The largest absolute Gasteiger partial charge is 1.00 e. The number of halogens is 1. The van der Waals surface area contributed by atoms with Crippen LogP contribution < -0.4 is 34.9 Å². The van der Waals surface area contributed by atoms with Gasteiger partial charge in [0.05, 0.1) is 25.7 Å². The molecule has 304 valence electrons. The summed E-state index contributed by atoms with van der Waals surface area (Å²) in [5.74, 6) is -1.24. The SMILES string of the molecule is COC(=O)CCCCCCCCO[C@@H]1O[C@H](CCl)[C@@H](O[C@@H]2O[C@H](CO)[C@H](O)[C@H](OS(=O)(=O)[O-])[C@H]2O)[C@H](O[C@@H]2O[C@@H](C)[C@@H](O)[C@@H](O)[C@@H]2O)[C@H]1NC(C)=O.[Na+]. The molecule has 3 fully saturated rings. The minimum Gasteiger partial charge on any atom is -0.726 e. The molecule has 3 rings (SSSR count). The van der Waals surface area contributed by atoms with E-state index in [1.165, 1.54) is 21.0 Å². The Bertz CT molecular complexity index is 1230. The second-order valence-corrected chi connectivity index (χ2v) is 14.1. The fourth-order valence-corrected chi connectivity index (χ4v) is 6.86. The number of esters is 1. The summed E-state index contributed by atoms with van der Waals surface area (Å²) < 4.78 is 78.7. The molecule has 0 radical (unpaired) electrons. The summed E-state index contributed by atoms with van der Waals surface area (Å²) in [6, 6.07) is -1.29. The molecule has 53 heavy (non-hydrogen) atoms. The molecule has 3 saturated heterocycles. The van der Waals surface area contributed by atoms with Crippen LogP contribution in [0.5, 0.6) is 0 Å². The minimum absolute atomic E-state index is 0. The maximum atomic E-state index is 12.5. The maximum Gasteiger partial charge on any atom is 1.00 e. The summed E-state index contributed by atoms with van der Waals surface area (Å²) >= 11 is 6.30. The zero-order valence-electron chi connectivity index (χ0n) is 30.0. The van der Waals surface area contributed by atoms with Crippen molar-refractivity contribution in [1.29, 1.82) is 0 Å². The fraction of sp³-hybridized carbons (Fsp3) is 0.933. The van der Waals surface area contributed by atoms with Gasteiger partial charge in [-0.25, -0.2) is 8.42 Å². The van der Waals surface area contributed by atoms with Crippen molar-refractivity contribution in [2.24, 2.45) is 0 Å². The monoisotopic (exact) mass is 819 g/mol. The van der Waals surface area contributed by atoms with Crippen LogP contribution in [0, 0.1) is 0 Å². The summed E-state index contributed by atoms with van der Waals surface area (Å²) in [5.41, 5.74) is 0. The Balaban J connectivity index is 0.00000972. The van der Waals surface area contributed by atoms with Gasteiger partial charge in [0.1, 0.15) is 67.1 Å². The molecule has 0 bridgehead atoms. The van der Waals surface area contributed by atoms with Crippen molar-refractivity contribution in [3.63, 3.8) is 0 Å². The van der Waals surface area contributed by atoms with E-state index >= 15 is 0 Å². The molecule has 0 saturated carbocycles. The van der Waals surface area contributed by atoms with Crippen LogP contribution in [0.15, 0.2) is 0 Å². The number of carbonyl (C=O) groups is 2. The van der Waals surface area contributed by atoms with E-state index in [4.69, 9.17) is 40.0 Å². The molecule has 3 aliphatic heterocycles. The quantitative estimate of drug-likeness (QED) is 0.0160. The first-order valence-electron chi connectivity index (χ1n) is 17.0. The third-order valence-corrected chi connectivity index (χ3v) is 9.66. The number of rotatable bonds is 19. The van der Waals surface area contributed by atoms with Gasteiger partial charge in [0.15, 0.2) is 18.9 Å². The number of carbonyl (C=O) groups excluding carboxylic acids is 2.